The van der Waals surface area contributed by atoms with Gasteiger partial charge in [-0.05, 0) is 43.6 Å². The predicted octanol–water partition coefficient (Wildman–Crippen LogP) is 4.56. The quantitative estimate of drug-likeness (QED) is 0.577. The first-order valence-electron chi connectivity index (χ1n) is 8.30. The largest absolute Gasteiger partial charge is 0.392 e. The third-order valence-corrected chi connectivity index (χ3v) is 4.69. The van der Waals surface area contributed by atoms with Gasteiger partial charge in [-0.1, -0.05) is 68.7 Å². The summed E-state index contributed by atoms with van der Waals surface area (Å²) in [5.74, 6) is 0.552. The van der Waals surface area contributed by atoms with Gasteiger partial charge in [-0.2, -0.15) is 0 Å². The van der Waals surface area contributed by atoms with Gasteiger partial charge in [0.1, 0.15) is 0 Å². The molecule has 2 N–H and O–H groups in total. The Kier molecular flexibility index (Phi) is 7.31. The third-order valence-electron chi connectivity index (χ3n) is 4.69. The molecule has 0 heterocycles. The van der Waals surface area contributed by atoms with Crippen molar-refractivity contribution in [3.8, 4) is 0 Å². The van der Waals surface area contributed by atoms with Gasteiger partial charge in [0.2, 0.25) is 0 Å². The summed E-state index contributed by atoms with van der Waals surface area (Å²) in [6.45, 7) is 10.8. The van der Waals surface area contributed by atoms with E-state index >= 15 is 0 Å². The Bertz CT molecular complexity index is 478. The van der Waals surface area contributed by atoms with Crippen molar-refractivity contribution < 1.29 is 10.2 Å². The average molecular weight is 304 g/mol. The van der Waals surface area contributed by atoms with Crippen LogP contribution in [0.15, 0.2) is 47.1 Å². The second-order valence-electron chi connectivity index (χ2n) is 7.14. The maximum Gasteiger partial charge on any atom is 0.0935 e. The second-order valence-corrected chi connectivity index (χ2v) is 7.14. The van der Waals surface area contributed by atoms with Crippen molar-refractivity contribution in [2.75, 3.05) is 6.61 Å². The van der Waals surface area contributed by atoms with Crippen LogP contribution < -0.4 is 0 Å². The molecule has 1 aliphatic carbocycles. The molecule has 1 saturated carbocycles. The van der Waals surface area contributed by atoms with Crippen LogP contribution in [0, 0.1) is 11.3 Å². The van der Waals surface area contributed by atoms with E-state index in [9.17, 15) is 5.11 Å². The normalized spacial score (nSPS) is 26.7. The monoisotopic (exact) mass is 304 g/mol. The lowest BCUT2D eigenvalue weighted by Gasteiger charge is -2.38. The zero-order valence-corrected chi connectivity index (χ0v) is 14.8. The summed E-state index contributed by atoms with van der Waals surface area (Å²) < 4.78 is 0. The molecule has 0 aliphatic heterocycles. The molecule has 0 aromatic rings. The first kappa shape index (κ1) is 18.9. The highest BCUT2D eigenvalue weighted by Gasteiger charge is 2.31. The Morgan fingerprint density at radius 2 is 2.05 bits per heavy atom. The van der Waals surface area contributed by atoms with Gasteiger partial charge >= 0.3 is 0 Å². The van der Waals surface area contributed by atoms with Crippen LogP contribution in [-0.4, -0.2) is 22.9 Å². The van der Waals surface area contributed by atoms with Gasteiger partial charge in [-0.25, -0.2) is 0 Å². The minimum Gasteiger partial charge on any atom is -0.392 e. The Labute approximate surface area is 135 Å². The summed E-state index contributed by atoms with van der Waals surface area (Å²) in [4.78, 5) is 0. The average Bonchev–Trinajstić information content (AvgIpc) is 2.42. The summed E-state index contributed by atoms with van der Waals surface area (Å²) in [5, 5.41) is 19.3. The summed E-state index contributed by atoms with van der Waals surface area (Å²) >= 11 is 0. The zero-order chi connectivity index (χ0) is 16.8. The van der Waals surface area contributed by atoms with Crippen LogP contribution in [0.4, 0.5) is 0 Å². The van der Waals surface area contributed by atoms with Crippen LogP contribution >= 0.6 is 0 Å². The van der Waals surface area contributed by atoms with Crippen LogP contribution in [0.1, 0.15) is 53.9 Å². The lowest BCUT2D eigenvalue weighted by molar-refractivity contribution is 0.241. The molecule has 0 spiro atoms. The summed E-state index contributed by atoms with van der Waals surface area (Å²) in [5.41, 5.74) is 3.53. The minimum absolute atomic E-state index is 0.0561. The van der Waals surface area contributed by atoms with Crippen molar-refractivity contribution in [2.45, 2.75) is 60.0 Å². The Morgan fingerprint density at radius 3 is 2.64 bits per heavy atom. The number of rotatable bonds is 5. The molecule has 0 bridgehead atoms. The molecule has 0 radical (unpaired) electrons. The smallest absolute Gasteiger partial charge is 0.0935 e. The van der Waals surface area contributed by atoms with Gasteiger partial charge in [0.05, 0.1) is 12.7 Å². The van der Waals surface area contributed by atoms with Gasteiger partial charge < -0.3 is 10.2 Å². The van der Waals surface area contributed by atoms with Crippen molar-refractivity contribution >= 4 is 0 Å². The van der Waals surface area contributed by atoms with E-state index in [0.29, 0.717) is 5.92 Å². The first-order valence-corrected chi connectivity index (χ1v) is 8.30. The summed E-state index contributed by atoms with van der Waals surface area (Å²) in [7, 11) is 0. The van der Waals surface area contributed by atoms with Crippen LogP contribution in [0.25, 0.3) is 0 Å². The fraction of sp³-hybridized carbons (Fsp3) is 0.600. The first-order chi connectivity index (χ1) is 10.3. The molecule has 0 amide bonds. The highest BCUT2D eigenvalue weighted by atomic mass is 16.3. The van der Waals surface area contributed by atoms with E-state index in [1.165, 1.54) is 24.8 Å². The molecule has 1 aliphatic rings. The van der Waals surface area contributed by atoms with E-state index in [2.05, 4.69) is 26.8 Å². The standard InChI is InChI=1S/C20H32O2/c1-15(11-13-21)8-6-9-17(3)19(22)14-18-16(2)10-7-12-20(18,4)5/h6,8-9,11,14,16,19,21-22H,7,10,12-13H2,1-5H3. The number of hydrogen-bond acceptors (Lipinski definition) is 2. The number of aliphatic hydroxyl groups excluding tert-OH is 2. The van der Waals surface area contributed by atoms with E-state index in [1.54, 1.807) is 6.08 Å². The van der Waals surface area contributed by atoms with Gasteiger partial charge in [0.25, 0.3) is 0 Å². The van der Waals surface area contributed by atoms with E-state index in [0.717, 1.165) is 11.1 Å². The molecule has 1 rings (SSSR count). The molecule has 2 nitrogen and oxygen atoms in total. The number of hydrogen-bond donors (Lipinski definition) is 2. The molecule has 2 atom stereocenters. The SMILES string of the molecule is CC(C=CC=C(C)C(O)C=C1C(C)CCCC1(C)C)=CCO. The van der Waals surface area contributed by atoms with E-state index in [-0.39, 0.29) is 12.0 Å². The van der Waals surface area contributed by atoms with E-state index in [4.69, 9.17) is 5.11 Å². The Balaban J connectivity index is 2.83. The maximum absolute atomic E-state index is 10.5. The molecule has 2 unspecified atom stereocenters. The van der Waals surface area contributed by atoms with Crippen LogP contribution in [0.3, 0.4) is 0 Å². The van der Waals surface area contributed by atoms with Gasteiger partial charge in [-0.15, -0.1) is 0 Å². The fourth-order valence-corrected chi connectivity index (χ4v) is 3.17. The van der Waals surface area contributed by atoms with Crippen LogP contribution in [0.5, 0.6) is 0 Å². The van der Waals surface area contributed by atoms with E-state index < -0.39 is 6.10 Å². The molecule has 2 heteroatoms. The van der Waals surface area contributed by atoms with Crippen molar-refractivity contribution in [3.05, 3.63) is 47.1 Å². The van der Waals surface area contributed by atoms with Gasteiger partial charge in [0.15, 0.2) is 0 Å². The molecule has 0 aromatic carbocycles. The van der Waals surface area contributed by atoms with Crippen LogP contribution in [0.2, 0.25) is 0 Å². The molecule has 0 saturated heterocycles. The van der Waals surface area contributed by atoms with Crippen molar-refractivity contribution in [2.24, 2.45) is 11.3 Å². The Hall–Kier alpha value is -1.12. The van der Waals surface area contributed by atoms with Gasteiger partial charge in [-0.3, -0.25) is 0 Å². The highest BCUT2D eigenvalue weighted by molar-refractivity contribution is 5.28. The lowest BCUT2D eigenvalue weighted by atomic mass is 9.68. The third kappa shape index (κ3) is 5.58. The molecule has 0 aromatic heterocycles. The topological polar surface area (TPSA) is 40.5 Å². The summed E-state index contributed by atoms with van der Waals surface area (Å²) in [6.07, 6.45) is 12.8. The minimum atomic E-state index is -0.526. The summed E-state index contributed by atoms with van der Waals surface area (Å²) in [6, 6.07) is 0. The maximum atomic E-state index is 10.5. The number of allylic oxidation sites excluding steroid dienone is 5. The molecular weight excluding hydrogens is 272 g/mol. The second kappa shape index (κ2) is 8.50. The molecule has 22 heavy (non-hydrogen) atoms. The predicted molar refractivity (Wildman–Crippen MR) is 94.6 cm³/mol. The molecule has 124 valence electrons. The molecular formula is C20H32O2. The Morgan fingerprint density at radius 1 is 1.36 bits per heavy atom. The van der Waals surface area contributed by atoms with Gasteiger partial charge in [0, 0.05) is 0 Å². The molecule has 1 fully saturated rings. The van der Waals surface area contributed by atoms with E-state index in [1.807, 2.05) is 32.1 Å². The van der Waals surface area contributed by atoms with Crippen LogP contribution in [-0.2, 0) is 0 Å². The van der Waals surface area contributed by atoms with Crippen molar-refractivity contribution in [3.63, 3.8) is 0 Å². The highest BCUT2D eigenvalue weighted by Crippen LogP contribution is 2.43. The number of aliphatic hydroxyl groups is 2. The lowest BCUT2D eigenvalue weighted by Crippen LogP contribution is -2.26. The fourth-order valence-electron chi connectivity index (χ4n) is 3.17. The van der Waals surface area contributed by atoms with Crippen molar-refractivity contribution in [1.82, 2.24) is 0 Å². The zero-order valence-electron chi connectivity index (χ0n) is 14.8. The van der Waals surface area contributed by atoms with Crippen molar-refractivity contribution in [1.29, 1.82) is 0 Å².